The van der Waals surface area contributed by atoms with Gasteiger partial charge in [0.2, 0.25) is 0 Å². The van der Waals surface area contributed by atoms with Crippen molar-refractivity contribution in [3.8, 4) is 5.19 Å². The molecular formula is C18H27N3O2S. The van der Waals surface area contributed by atoms with Gasteiger partial charge in [-0.2, -0.15) is 0 Å². The van der Waals surface area contributed by atoms with Crippen LogP contribution in [0.1, 0.15) is 42.7 Å². The van der Waals surface area contributed by atoms with Crippen molar-refractivity contribution in [1.29, 1.82) is 0 Å². The summed E-state index contributed by atoms with van der Waals surface area (Å²) >= 11 is 1.74. The van der Waals surface area contributed by atoms with E-state index in [2.05, 4.69) is 9.80 Å². The van der Waals surface area contributed by atoms with E-state index in [4.69, 9.17) is 9.72 Å². The van der Waals surface area contributed by atoms with Gasteiger partial charge in [-0.05, 0) is 25.7 Å². The summed E-state index contributed by atoms with van der Waals surface area (Å²) in [4.78, 5) is 21.7. The zero-order chi connectivity index (χ0) is 16.4. The molecule has 132 valence electrons. The van der Waals surface area contributed by atoms with Crippen molar-refractivity contribution < 1.29 is 9.53 Å². The van der Waals surface area contributed by atoms with Gasteiger partial charge in [-0.3, -0.25) is 4.90 Å². The van der Waals surface area contributed by atoms with E-state index in [1.54, 1.807) is 11.3 Å². The summed E-state index contributed by atoms with van der Waals surface area (Å²) in [7, 11) is 0. The van der Waals surface area contributed by atoms with Crippen LogP contribution in [0.5, 0.6) is 5.19 Å². The SMILES string of the molecule is O=CCCN1CCc2nc(OC3CCN(C4CCC4)C3)sc2CC1. The van der Waals surface area contributed by atoms with Crippen LogP contribution in [0.25, 0.3) is 0 Å². The molecular weight excluding hydrogens is 322 g/mol. The van der Waals surface area contributed by atoms with Gasteiger partial charge in [0.05, 0.1) is 5.69 Å². The number of aldehydes is 1. The first-order valence-electron chi connectivity index (χ1n) is 9.37. The molecule has 24 heavy (non-hydrogen) atoms. The number of thiazole rings is 1. The molecule has 4 rings (SSSR count). The van der Waals surface area contributed by atoms with Gasteiger partial charge < -0.3 is 14.4 Å². The molecule has 3 heterocycles. The maximum atomic E-state index is 10.5. The number of aromatic nitrogens is 1. The zero-order valence-corrected chi connectivity index (χ0v) is 15.1. The van der Waals surface area contributed by atoms with Crippen molar-refractivity contribution in [1.82, 2.24) is 14.8 Å². The van der Waals surface area contributed by atoms with Crippen LogP contribution < -0.4 is 4.74 Å². The summed E-state index contributed by atoms with van der Waals surface area (Å²) in [5, 5.41) is 0.877. The Morgan fingerprint density at radius 3 is 2.88 bits per heavy atom. The molecule has 1 aliphatic carbocycles. The predicted molar refractivity (Wildman–Crippen MR) is 94.9 cm³/mol. The van der Waals surface area contributed by atoms with Gasteiger partial charge in [0.1, 0.15) is 12.4 Å². The van der Waals surface area contributed by atoms with Gasteiger partial charge in [-0.1, -0.05) is 17.8 Å². The Morgan fingerprint density at radius 1 is 1.21 bits per heavy atom. The Kier molecular flexibility index (Phi) is 5.15. The highest BCUT2D eigenvalue weighted by atomic mass is 32.1. The number of rotatable bonds is 6. The molecule has 1 saturated heterocycles. The van der Waals surface area contributed by atoms with Crippen LogP contribution in [-0.4, -0.2) is 65.9 Å². The first kappa shape index (κ1) is 16.5. The van der Waals surface area contributed by atoms with E-state index in [0.29, 0.717) is 12.5 Å². The Morgan fingerprint density at radius 2 is 2.08 bits per heavy atom. The zero-order valence-electron chi connectivity index (χ0n) is 14.3. The van der Waals surface area contributed by atoms with Crippen molar-refractivity contribution in [3.05, 3.63) is 10.6 Å². The summed E-state index contributed by atoms with van der Waals surface area (Å²) in [5.41, 5.74) is 1.22. The van der Waals surface area contributed by atoms with E-state index in [1.165, 1.54) is 36.4 Å². The van der Waals surface area contributed by atoms with Crippen molar-refractivity contribution in [2.45, 2.75) is 57.1 Å². The highest BCUT2D eigenvalue weighted by Gasteiger charge is 2.33. The third kappa shape index (κ3) is 3.65. The normalized spacial score (nSPS) is 25.9. The lowest BCUT2D eigenvalue weighted by atomic mass is 9.92. The topological polar surface area (TPSA) is 45.7 Å². The standard InChI is InChI=1S/C18H27N3O2S/c22-12-2-8-20-9-6-16-17(7-10-20)24-18(19-16)23-15-5-11-21(13-15)14-3-1-4-14/h12,14-15H,1-11,13H2. The molecule has 0 spiro atoms. The van der Waals surface area contributed by atoms with E-state index < -0.39 is 0 Å². The monoisotopic (exact) mass is 349 g/mol. The Hall–Kier alpha value is -0.980. The minimum Gasteiger partial charge on any atom is -0.465 e. The summed E-state index contributed by atoms with van der Waals surface area (Å²) in [6.07, 6.45) is 9.27. The lowest BCUT2D eigenvalue weighted by Gasteiger charge is -2.34. The Bertz CT molecular complexity index is 547. The van der Waals surface area contributed by atoms with E-state index in [-0.39, 0.29) is 0 Å². The van der Waals surface area contributed by atoms with Crippen LogP contribution in [0.3, 0.4) is 0 Å². The van der Waals surface area contributed by atoms with Crippen LogP contribution in [-0.2, 0) is 17.6 Å². The lowest BCUT2D eigenvalue weighted by Crippen LogP contribution is -2.39. The summed E-state index contributed by atoms with van der Waals surface area (Å²) in [6, 6.07) is 0.823. The van der Waals surface area contributed by atoms with Gasteiger partial charge in [0, 0.05) is 56.5 Å². The van der Waals surface area contributed by atoms with Gasteiger partial charge in [-0.15, -0.1) is 0 Å². The molecule has 0 N–H and O–H groups in total. The summed E-state index contributed by atoms with van der Waals surface area (Å²) in [6.45, 7) is 5.17. The average Bonchev–Trinajstić information content (AvgIpc) is 3.08. The third-order valence-corrected chi connectivity index (χ3v) is 6.73. The van der Waals surface area contributed by atoms with Crippen molar-refractivity contribution in [2.24, 2.45) is 0 Å². The average molecular weight is 350 g/mol. The number of hydrogen-bond acceptors (Lipinski definition) is 6. The number of likely N-dealkylation sites (tertiary alicyclic amines) is 1. The number of carbonyl (C=O) groups is 1. The molecule has 1 saturated carbocycles. The number of fused-ring (bicyclic) bond motifs is 1. The summed E-state index contributed by atoms with van der Waals surface area (Å²) < 4.78 is 6.22. The maximum Gasteiger partial charge on any atom is 0.273 e. The quantitative estimate of drug-likeness (QED) is 0.737. The highest BCUT2D eigenvalue weighted by Crippen LogP contribution is 2.32. The Balaban J connectivity index is 1.30. The molecule has 3 aliphatic rings. The molecule has 0 aromatic carbocycles. The highest BCUT2D eigenvalue weighted by molar-refractivity contribution is 7.13. The fourth-order valence-electron chi connectivity index (χ4n) is 3.97. The minimum absolute atomic E-state index is 0.324. The van der Waals surface area contributed by atoms with Crippen molar-refractivity contribution >= 4 is 17.6 Å². The van der Waals surface area contributed by atoms with E-state index >= 15 is 0 Å². The number of carbonyl (C=O) groups excluding carboxylic acids is 1. The fourth-order valence-corrected chi connectivity index (χ4v) is 4.98. The van der Waals surface area contributed by atoms with Crippen LogP contribution in [0.4, 0.5) is 0 Å². The van der Waals surface area contributed by atoms with E-state index in [0.717, 1.165) is 63.0 Å². The molecule has 1 unspecified atom stereocenters. The molecule has 1 aromatic heterocycles. The number of hydrogen-bond donors (Lipinski definition) is 0. The van der Waals surface area contributed by atoms with Gasteiger partial charge in [0.25, 0.3) is 5.19 Å². The first-order valence-corrected chi connectivity index (χ1v) is 10.2. The van der Waals surface area contributed by atoms with Crippen LogP contribution in [0.15, 0.2) is 0 Å². The first-order chi connectivity index (χ1) is 11.8. The molecule has 0 radical (unpaired) electrons. The molecule has 2 fully saturated rings. The van der Waals surface area contributed by atoms with Gasteiger partial charge in [-0.25, -0.2) is 4.98 Å². The molecule has 0 amide bonds. The Labute approximate surface area is 148 Å². The molecule has 6 heteroatoms. The van der Waals surface area contributed by atoms with E-state index in [9.17, 15) is 4.79 Å². The predicted octanol–water partition coefficient (Wildman–Crippen LogP) is 2.14. The number of ether oxygens (including phenoxy) is 1. The second-order valence-corrected chi connectivity index (χ2v) is 8.30. The van der Waals surface area contributed by atoms with E-state index in [1.807, 2.05) is 0 Å². The molecule has 0 bridgehead atoms. The third-order valence-electron chi connectivity index (χ3n) is 5.68. The summed E-state index contributed by atoms with van der Waals surface area (Å²) in [5.74, 6) is 0. The smallest absolute Gasteiger partial charge is 0.273 e. The van der Waals surface area contributed by atoms with Crippen LogP contribution >= 0.6 is 11.3 Å². The molecule has 5 nitrogen and oxygen atoms in total. The molecule has 1 aromatic rings. The van der Waals surface area contributed by atoms with Gasteiger partial charge in [0.15, 0.2) is 0 Å². The van der Waals surface area contributed by atoms with Crippen molar-refractivity contribution in [3.63, 3.8) is 0 Å². The second kappa shape index (κ2) is 7.50. The largest absolute Gasteiger partial charge is 0.465 e. The lowest BCUT2D eigenvalue weighted by molar-refractivity contribution is -0.108. The molecule has 1 atom stereocenters. The second-order valence-electron chi connectivity index (χ2n) is 7.25. The maximum absolute atomic E-state index is 10.5. The minimum atomic E-state index is 0.324. The van der Waals surface area contributed by atoms with Crippen molar-refractivity contribution in [2.75, 3.05) is 32.7 Å². The van der Waals surface area contributed by atoms with Gasteiger partial charge >= 0.3 is 0 Å². The van der Waals surface area contributed by atoms with Crippen LogP contribution in [0.2, 0.25) is 0 Å². The number of nitrogens with zero attached hydrogens (tertiary/aromatic N) is 3. The molecule has 2 aliphatic heterocycles. The fraction of sp³-hybridized carbons (Fsp3) is 0.778. The van der Waals surface area contributed by atoms with Crippen LogP contribution in [0, 0.1) is 0 Å².